The third-order valence-electron chi connectivity index (χ3n) is 4.07. The maximum atomic E-state index is 4.62. The molecular formula is C19H13N5. The molecule has 0 aliphatic carbocycles. The summed E-state index contributed by atoms with van der Waals surface area (Å²) >= 11 is 0. The Hall–Kier alpha value is -3.47. The van der Waals surface area contributed by atoms with Gasteiger partial charge < -0.3 is 0 Å². The van der Waals surface area contributed by atoms with E-state index in [0.29, 0.717) is 5.78 Å². The normalized spacial score (nSPS) is 11.3. The summed E-state index contributed by atoms with van der Waals surface area (Å²) in [5.41, 5.74) is 5.01. The van der Waals surface area contributed by atoms with Crippen molar-refractivity contribution in [3.63, 3.8) is 0 Å². The number of aromatic nitrogens is 5. The van der Waals surface area contributed by atoms with Crippen LogP contribution in [0.5, 0.6) is 0 Å². The molecule has 5 rings (SSSR count). The molecule has 0 amide bonds. The van der Waals surface area contributed by atoms with Gasteiger partial charge in [0.2, 0.25) is 0 Å². The Morgan fingerprint density at radius 3 is 2.33 bits per heavy atom. The van der Waals surface area contributed by atoms with Gasteiger partial charge in [0.1, 0.15) is 0 Å². The van der Waals surface area contributed by atoms with Gasteiger partial charge in [-0.1, -0.05) is 59.4 Å². The third kappa shape index (κ3) is 1.91. The monoisotopic (exact) mass is 311 g/mol. The van der Waals surface area contributed by atoms with Crippen LogP contribution in [0, 0.1) is 0 Å². The van der Waals surface area contributed by atoms with Crippen molar-refractivity contribution in [2.45, 2.75) is 0 Å². The number of hydrogen-bond donors (Lipinski definition) is 0. The van der Waals surface area contributed by atoms with E-state index in [2.05, 4.69) is 33.5 Å². The molecule has 0 N–H and O–H groups in total. The number of fused-ring (bicyclic) bond motifs is 3. The first-order valence-corrected chi connectivity index (χ1v) is 7.76. The predicted molar refractivity (Wildman–Crippen MR) is 90.8 cm³/mol. The molecule has 0 bridgehead atoms. The van der Waals surface area contributed by atoms with Crippen molar-refractivity contribution in [2.75, 3.05) is 0 Å². The number of para-hydroxylation sites is 2. The number of imidazole rings is 1. The molecule has 5 nitrogen and oxygen atoms in total. The lowest BCUT2D eigenvalue weighted by molar-refractivity contribution is -0.721. The van der Waals surface area contributed by atoms with Crippen LogP contribution in [0.1, 0.15) is 0 Å². The van der Waals surface area contributed by atoms with Crippen molar-refractivity contribution in [1.82, 2.24) is 19.8 Å². The van der Waals surface area contributed by atoms with E-state index in [1.807, 2.05) is 65.2 Å². The largest absolute Gasteiger partial charge is 0.283 e. The first kappa shape index (κ1) is 13.0. The van der Waals surface area contributed by atoms with Gasteiger partial charge >= 0.3 is 0 Å². The molecule has 0 atom stereocenters. The first-order chi connectivity index (χ1) is 11.9. The SMILES string of the molecule is c1ccc(-c2cccc3nc4[n-][n+](-c5ccccc5)nn4c23)cc1. The van der Waals surface area contributed by atoms with Crippen LogP contribution in [0.15, 0.2) is 78.9 Å². The molecule has 0 aliphatic heterocycles. The van der Waals surface area contributed by atoms with Crippen molar-refractivity contribution in [3.8, 4) is 16.8 Å². The summed E-state index contributed by atoms with van der Waals surface area (Å²) in [7, 11) is 0. The summed E-state index contributed by atoms with van der Waals surface area (Å²) in [5.74, 6) is 0.595. The van der Waals surface area contributed by atoms with Crippen LogP contribution < -0.4 is 9.90 Å². The highest BCUT2D eigenvalue weighted by molar-refractivity contribution is 5.93. The van der Waals surface area contributed by atoms with E-state index in [1.165, 1.54) is 0 Å². The number of nitrogens with zero attached hydrogens (tertiary/aromatic N) is 5. The first-order valence-electron chi connectivity index (χ1n) is 7.76. The lowest BCUT2D eigenvalue weighted by atomic mass is 10.0. The molecule has 0 fully saturated rings. The Morgan fingerprint density at radius 2 is 1.54 bits per heavy atom. The molecule has 5 heteroatoms. The number of tetrazole rings is 1. The minimum atomic E-state index is 0.595. The molecule has 0 spiro atoms. The average molecular weight is 311 g/mol. The van der Waals surface area contributed by atoms with E-state index in [1.54, 1.807) is 4.80 Å². The average Bonchev–Trinajstić information content (AvgIpc) is 3.21. The van der Waals surface area contributed by atoms with E-state index in [-0.39, 0.29) is 0 Å². The quantitative estimate of drug-likeness (QED) is 0.471. The van der Waals surface area contributed by atoms with Crippen molar-refractivity contribution in [2.24, 2.45) is 0 Å². The predicted octanol–water partition coefficient (Wildman–Crippen LogP) is 2.78. The molecule has 0 aliphatic rings. The molecule has 3 aromatic carbocycles. The third-order valence-corrected chi connectivity index (χ3v) is 4.07. The van der Waals surface area contributed by atoms with Gasteiger partial charge in [0, 0.05) is 10.8 Å². The second-order valence-corrected chi connectivity index (χ2v) is 5.58. The zero-order valence-electron chi connectivity index (χ0n) is 12.7. The van der Waals surface area contributed by atoms with Crippen LogP contribution in [0.25, 0.3) is 33.6 Å². The minimum Gasteiger partial charge on any atom is -0.283 e. The summed E-state index contributed by atoms with van der Waals surface area (Å²) in [4.78, 5) is 6.23. The van der Waals surface area contributed by atoms with Gasteiger partial charge in [-0.25, -0.2) is 0 Å². The summed E-state index contributed by atoms with van der Waals surface area (Å²) in [5, 5.41) is 9.13. The number of benzene rings is 3. The molecule has 0 unspecified atom stereocenters. The fraction of sp³-hybridized carbons (Fsp3) is 0. The van der Waals surface area contributed by atoms with Crippen LogP contribution in [-0.2, 0) is 0 Å². The van der Waals surface area contributed by atoms with Crippen molar-refractivity contribution in [3.05, 3.63) is 78.9 Å². The Balaban J connectivity index is 1.80. The fourth-order valence-corrected chi connectivity index (χ4v) is 2.96. The van der Waals surface area contributed by atoms with Gasteiger partial charge in [-0.15, -0.1) is 9.61 Å². The van der Waals surface area contributed by atoms with Gasteiger partial charge in [0.25, 0.3) is 5.78 Å². The zero-order chi connectivity index (χ0) is 15.9. The lowest BCUT2D eigenvalue weighted by Crippen LogP contribution is -2.38. The smallest absolute Gasteiger partial charge is 0.266 e. The minimum absolute atomic E-state index is 0.595. The Morgan fingerprint density at radius 1 is 0.792 bits per heavy atom. The number of rotatable bonds is 2. The molecule has 2 aromatic heterocycles. The van der Waals surface area contributed by atoms with Crippen LogP contribution in [0.3, 0.4) is 0 Å². The molecule has 0 radical (unpaired) electrons. The van der Waals surface area contributed by atoms with Crippen molar-refractivity contribution < 1.29 is 4.80 Å². The second kappa shape index (κ2) is 5.03. The van der Waals surface area contributed by atoms with Gasteiger partial charge in [-0.05, 0) is 29.8 Å². The van der Waals surface area contributed by atoms with Crippen LogP contribution in [0.2, 0.25) is 0 Å². The molecule has 2 heterocycles. The Labute approximate surface area is 137 Å². The Bertz CT molecular complexity index is 1140. The van der Waals surface area contributed by atoms with E-state index in [9.17, 15) is 0 Å². The summed E-state index contributed by atoms with van der Waals surface area (Å²) in [6.45, 7) is 0. The maximum Gasteiger partial charge on any atom is 0.266 e. The van der Waals surface area contributed by atoms with E-state index < -0.39 is 0 Å². The van der Waals surface area contributed by atoms with Gasteiger partial charge in [0.15, 0.2) is 11.2 Å². The highest BCUT2D eigenvalue weighted by Crippen LogP contribution is 2.28. The van der Waals surface area contributed by atoms with Crippen LogP contribution in [0.4, 0.5) is 0 Å². The highest BCUT2D eigenvalue weighted by atomic mass is 15.6. The molecule has 5 aromatic rings. The van der Waals surface area contributed by atoms with Crippen molar-refractivity contribution in [1.29, 1.82) is 0 Å². The molecular weight excluding hydrogens is 298 g/mol. The van der Waals surface area contributed by atoms with Crippen molar-refractivity contribution >= 4 is 16.8 Å². The van der Waals surface area contributed by atoms with E-state index in [4.69, 9.17) is 0 Å². The topological polar surface area (TPSA) is 48.2 Å². The molecule has 24 heavy (non-hydrogen) atoms. The maximum absolute atomic E-state index is 4.62. The van der Waals surface area contributed by atoms with Gasteiger partial charge in [-0.3, -0.25) is 4.98 Å². The summed E-state index contributed by atoms with van der Waals surface area (Å²) in [6, 6.07) is 26.2. The molecule has 0 saturated heterocycles. The summed E-state index contributed by atoms with van der Waals surface area (Å²) < 4.78 is 1.81. The number of hydrogen-bond acceptors (Lipinski definition) is 2. The van der Waals surface area contributed by atoms with E-state index in [0.717, 1.165) is 27.8 Å². The Kier molecular flexibility index (Phi) is 2.72. The van der Waals surface area contributed by atoms with Crippen LogP contribution in [-0.4, -0.2) is 14.7 Å². The van der Waals surface area contributed by atoms with Gasteiger partial charge in [0.05, 0.1) is 5.52 Å². The summed E-state index contributed by atoms with van der Waals surface area (Å²) in [6.07, 6.45) is 0. The van der Waals surface area contributed by atoms with E-state index >= 15 is 0 Å². The molecule has 0 saturated carbocycles. The zero-order valence-corrected chi connectivity index (χ0v) is 12.7. The second-order valence-electron chi connectivity index (χ2n) is 5.58. The fourth-order valence-electron chi connectivity index (χ4n) is 2.96. The molecule has 114 valence electrons. The van der Waals surface area contributed by atoms with Crippen LogP contribution >= 0.6 is 0 Å². The standard InChI is InChI=1S/C19H13N5/c1-3-8-14(9-4-1)16-12-7-13-17-18(16)23-19(20-17)21-24(22-23)15-10-5-2-6-11-15/h1-13H. The van der Waals surface area contributed by atoms with Gasteiger partial charge in [-0.2, -0.15) is 0 Å². The lowest BCUT2D eigenvalue weighted by Gasteiger charge is -2.01. The highest BCUT2D eigenvalue weighted by Gasteiger charge is 2.16.